The summed E-state index contributed by atoms with van der Waals surface area (Å²) in [5.74, 6) is -0.722. The molecule has 0 aromatic heterocycles. The van der Waals surface area contributed by atoms with E-state index in [0.717, 1.165) is 29.9 Å². The quantitative estimate of drug-likeness (QED) is 0.696. The molecule has 0 saturated heterocycles. The lowest BCUT2D eigenvalue weighted by molar-refractivity contribution is -0.120. The van der Waals surface area contributed by atoms with Crippen LogP contribution >= 0.6 is 11.6 Å². The van der Waals surface area contributed by atoms with Crippen LogP contribution < -0.4 is 10.2 Å². The molecule has 28 heavy (non-hydrogen) atoms. The van der Waals surface area contributed by atoms with Crippen LogP contribution in [0.2, 0.25) is 0 Å². The van der Waals surface area contributed by atoms with Crippen molar-refractivity contribution in [3.8, 4) is 0 Å². The number of halogens is 1. The van der Waals surface area contributed by atoms with Gasteiger partial charge in [-0.15, -0.1) is 0 Å². The van der Waals surface area contributed by atoms with Gasteiger partial charge in [0.2, 0.25) is 11.7 Å². The Hall–Kier alpha value is -2.40. The predicted octanol–water partition coefficient (Wildman–Crippen LogP) is 4.81. The summed E-state index contributed by atoms with van der Waals surface area (Å²) in [5.41, 5.74) is 4.30. The van der Waals surface area contributed by atoms with E-state index in [1.54, 1.807) is 13.0 Å². The molecule has 0 saturated carbocycles. The van der Waals surface area contributed by atoms with Crippen LogP contribution in [0.25, 0.3) is 0 Å². The van der Waals surface area contributed by atoms with Crippen molar-refractivity contribution >= 4 is 40.4 Å². The topological polar surface area (TPSA) is 61.8 Å². The minimum atomic E-state index is -0.396. The highest BCUT2D eigenvalue weighted by Crippen LogP contribution is 2.29. The second-order valence-electron chi connectivity index (χ2n) is 7.02. The third kappa shape index (κ3) is 4.71. The fourth-order valence-electron chi connectivity index (χ4n) is 3.15. The Bertz CT molecular complexity index is 884. The zero-order valence-electron chi connectivity index (χ0n) is 17.4. The lowest BCUT2D eigenvalue weighted by atomic mass is 10.0. The van der Waals surface area contributed by atoms with E-state index in [2.05, 4.69) is 43.1 Å². The molecule has 6 heteroatoms. The van der Waals surface area contributed by atoms with E-state index in [9.17, 15) is 9.59 Å². The van der Waals surface area contributed by atoms with Crippen molar-refractivity contribution in [3.05, 3.63) is 46.1 Å². The molecule has 2 rings (SSSR count). The summed E-state index contributed by atoms with van der Waals surface area (Å²) in [4.78, 5) is 30.7. The number of ketones is 1. The van der Waals surface area contributed by atoms with Crippen molar-refractivity contribution in [2.45, 2.75) is 54.0 Å². The molecule has 1 amide bonds. The van der Waals surface area contributed by atoms with Crippen LogP contribution in [0, 0.1) is 6.92 Å². The van der Waals surface area contributed by atoms with Gasteiger partial charge >= 0.3 is 0 Å². The number of hydrogen-bond donors (Lipinski definition) is 1. The molecule has 0 spiro atoms. The molecule has 0 fully saturated rings. The molecule has 150 valence electrons. The van der Waals surface area contributed by atoms with Gasteiger partial charge in [0.05, 0.1) is 22.1 Å². The third-order valence-electron chi connectivity index (χ3n) is 4.97. The highest BCUT2D eigenvalue weighted by Gasteiger charge is 2.24. The number of nitrogens with zero attached hydrogens (tertiary/aromatic N) is 2. The smallest absolute Gasteiger partial charge is 0.221 e. The van der Waals surface area contributed by atoms with Crippen molar-refractivity contribution in [3.63, 3.8) is 0 Å². The Morgan fingerprint density at radius 1 is 1.29 bits per heavy atom. The second kappa shape index (κ2) is 9.20. The Kier molecular flexibility index (Phi) is 7.19. The fourth-order valence-corrected chi connectivity index (χ4v) is 3.35. The molecule has 1 aromatic rings. The van der Waals surface area contributed by atoms with Gasteiger partial charge in [-0.05, 0) is 69.5 Å². The summed E-state index contributed by atoms with van der Waals surface area (Å²) >= 11 is 6.18. The van der Waals surface area contributed by atoms with Crippen molar-refractivity contribution < 1.29 is 9.59 Å². The number of aryl methyl sites for hydroxylation is 1. The summed E-state index contributed by atoms with van der Waals surface area (Å²) < 4.78 is 0. The Morgan fingerprint density at radius 3 is 2.50 bits per heavy atom. The number of allylic oxidation sites excluding steroid dienone is 3. The molecule has 5 nitrogen and oxygen atoms in total. The van der Waals surface area contributed by atoms with E-state index in [4.69, 9.17) is 16.6 Å². The van der Waals surface area contributed by atoms with E-state index < -0.39 is 5.78 Å². The van der Waals surface area contributed by atoms with E-state index in [0.29, 0.717) is 17.3 Å². The standard InChI is InChI=1S/C22H28ClN3O2/c1-7-14(4)26(8-2)17-9-10-18(13(3)11-17)25-19-12-20(24-16(6)27)22(28)21(23)15(19)5/h9-12,14H,7-8H2,1-6H3,(H,24,27). The minimum absolute atomic E-state index is 0.0770. The van der Waals surface area contributed by atoms with E-state index in [1.165, 1.54) is 6.92 Å². The number of hydrogen-bond acceptors (Lipinski definition) is 4. The number of rotatable bonds is 6. The van der Waals surface area contributed by atoms with Gasteiger partial charge < -0.3 is 10.2 Å². The predicted molar refractivity (Wildman–Crippen MR) is 117 cm³/mol. The Labute approximate surface area is 172 Å². The van der Waals surface area contributed by atoms with Crippen molar-refractivity contribution in [2.75, 3.05) is 11.4 Å². The van der Waals surface area contributed by atoms with Gasteiger partial charge in [0.1, 0.15) is 0 Å². The number of Topliss-reactive ketones (excluding diaryl/α,β-unsaturated/α-hetero) is 1. The molecule has 1 unspecified atom stereocenters. The second-order valence-corrected chi connectivity index (χ2v) is 7.40. The first-order valence-corrected chi connectivity index (χ1v) is 9.94. The van der Waals surface area contributed by atoms with Crippen LogP contribution in [0.4, 0.5) is 11.4 Å². The van der Waals surface area contributed by atoms with E-state index in [1.807, 2.05) is 13.0 Å². The van der Waals surface area contributed by atoms with Gasteiger partial charge in [0, 0.05) is 25.2 Å². The molecule has 1 aromatic carbocycles. The number of anilines is 1. The minimum Gasteiger partial charge on any atom is -0.369 e. The number of carbonyl (C=O) groups is 2. The monoisotopic (exact) mass is 401 g/mol. The molecule has 1 N–H and O–H groups in total. The van der Waals surface area contributed by atoms with Gasteiger partial charge in [-0.25, -0.2) is 4.99 Å². The van der Waals surface area contributed by atoms with Crippen LogP contribution in [0.15, 0.2) is 45.6 Å². The third-order valence-corrected chi connectivity index (χ3v) is 5.42. The average Bonchev–Trinajstić information content (AvgIpc) is 2.65. The molecule has 1 aliphatic rings. The Morgan fingerprint density at radius 2 is 1.96 bits per heavy atom. The highest BCUT2D eigenvalue weighted by molar-refractivity contribution is 6.49. The SMILES string of the molecule is CCC(C)N(CC)c1ccc(N=C2C=C(NC(C)=O)C(=O)C(Cl)=C2C)c(C)c1. The fraction of sp³-hybridized carbons (Fsp3) is 0.409. The number of benzene rings is 1. The van der Waals surface area contributed by atoms with Crippen molar-refractivity contribution in [1.82, 2.24) is 5.32 Å². The zero-order valence-corrected chi connectivity index (χ0v) is 18.1. The van der Waals surface area contributed by atoms with Gasteiger partial charge in [-0.2, -0.15) is 0 Å². The first kappa shape index (κ1) is 21.9. The number of amides is 1. The lowest BCUT2D eigenvalue weighted by Crippen LogP contribution is -2.32. The first-order valence-electron chi connectivity index (χ1n) is 9.56. The maximum absolute atomic E-state index is 12.2. The first-order chi connectivity index (χ1) is 13.2. The summed E-state index contributed by atoms with van der Waals surface area (Å²) in [5, 5.41) is 2.61. The van der Waals surface area contributed by atoms with Gasteiger partial charge in [0.25, 0.3) is 0 Å². The van der Waals surface area contributed by atoms with Crippen LogP contribution in [0.3, 0.4) is 0 Å². The molecule has 0 radical (unpaired) electrons. The molecule has 0 heterocycles. The summed E-state index contributed by atoms with van der Waals surface area (Å²) in [6.45, 7) is 12.6. The van der Waals surface area contributed by atoms with Gasteiger partial charge in [-0.1, -0.05) is 18.5 Å². The van der Waals surface area contributed by atoms with Crippen LogP contribution in [0.5, 0.6) is 0 Å². The van der Waals surface area contributed by atoms with E-state index in [-0.39, 0.29) is 16.6 Å². The molecule has 1 aliphatic carbocycles. The molecule has 0 aliphatic heterocycles. The van der Waals surface area contributed by atoms with Crippen molar-refractivity contribution in [1.29, 1.82) is 0 Å². The highest BCUT2D eigenvalue weighted by atomic mass is 35.5. The number of carbonyl (C=O) groups excluding carboxylic acids is 2. The normalized spacial score (nSPS) is 16.9. The summed E-state index contributed by atoms with van der Waals surface area (Å²) in [7, 11) is 0. The van der Waals surface area contributed by atoms with Gasteiger partial charge in [-0.3, -0.25) is 9.59 Å². The van der Waals surface area contributed by atoms with Crippen molar-refractivity contribution in [2.24, 2.45) is 4.99 Å². The zero-order chi connectivity index (χ0) is 21.0. The Balaban J connectivity index is 2.44. The molecule has 1 atom stereocenters. The number of nitrogens with one attached hydrogen (secondary N) is 1. The lowest BCUT2D eigenvalue weighted by Gasteiger charge is -2.30. The van der Waals surface area contributed by atoms with Gasteiger partial charge in [0.15, 0.2) is 0 Å². The largest absolute Gasteiger partial charge is 0.369 e. The van der Waals surface area contributed by atoms with E-state index >= 15 is 0 Å². The maximum atomic E-state index is 12.2. The molecular formula is C22H28ClN3O2. The van der Waals surface area contributed by atoms with Crippen LogP contribution in [-0.4, -0.2) is 30.0 Å². The average molecular weight is 402 g/mol. The summed E-state index contributed by atoms with van der Waals surface area (Å²) in [6, 6.07) is 6.63. The summed E-state index contributed by atoms with van der Waals surface area (Å²) in [6.07, 6.45) is 2.65. The maximum Gasteiger partial charge on any atom is 0.221 e. The van der Waals surface area contributed by atoms with Crippen LogP contribution in [0.1, 0.15) is 46.6 Å². The number of aliphatic imine (C=N–C) groups is 1. The molecular weight excluding hydrogens is 374 g/mol. The van der Waals surface area contributed by atoms with Crippen LogP contribution in [-0.2, 0) is 9.59 Å². The molecule has 0 bridgehead atoms.